The molecule has 218 valence electrons. The second kappa shape index (κ2) is 10.3. The molecule has 1 aliphatic heterocycles. The number of hydrogen-bond acceptors (Lipinski definition) is 7. The van der Waals surface area contributed by atoms with Gasteiger partial charge in [0.2, 0.25) is 5.91 Å². The Kier molecular flexibility index (Phi) is 7.16. The highest BCUT2D eigenvalue weighted by atomic mass is 35.5. The maximum Gasteiger partial charge on any atom is 0.222 e. The zero-order valence-corrected chi connectivity index (χ0v) is 25.8. The average Bonchev–Trinajstić information content (AvgIpc) is 3.40. The Labute approximate surface area is 249 Å². The number of carbonyl (C=O) groups is 1. The van der Waals surface area contributed by atoms with Gasteiger partial charge in [0, 0.05) is 27.6 Å². The van der Waals surface area contributed by atoms with Crippen LogP contribution in [0.1, 0.15) is 85.2 Å². The van der Waals surface area contributed by atoms with Crippen LogP contribution < -0.4 is 5.32 Å². The number of hydrogen-bond donors (Lipinski definition) is 3. The molecule has 0 radical (unpaired) electrons. The zero-order chi connectivity index (χ0) is 29.3. The van der Waals surface area contributed by atoms with Gasteiger partial charge in [-0.05, 0) is 81.4 Å². The molecule has 3 fully saturated rings. The summed E-state index contributed by atoms with van der Waals surface area (Å²) in [5.74, 6) is 1.82. The molecule has 5 atom stereocenters. The van der Waals surface area contributed by atoms with E-state index in [4.69, 9.17) is 16.6 Å². The van der Waals surface area contributed by atoms with Gasteiger partial charge in [-0.3, -0.25) is 14.4 Å². The van der Waals surface area contributed by atoms with E-state index in [2.05, 4.69) is 43.2 Å². The maximum atomic E-state index is 13.3. The Bertz CT molecular complexity index is 1530. The summed E-state index contributed by atoms with van der Waals surface area (Å²) in [6.07, 6.45) is 2.08. The third-order valence-corrected chi connectivity index (χ3v) is 11.4. The summed E-state index contributed by atoms with van der Waals surface area (Å²) in [6, 6.07) is 7.10. The largest absolute Gasteiger partial charge is 0.390 e. The fraction of sp³-hybridized carbons (Fsp3) is 0.548. The van der Waals surface area contributed by atoms with Crippen LogP contribution in [-0.4, -0.2) is 54.8 Å². The SMILES string of the molecule is Cc1sc2c(c1C)C(c1ccc(Cl)cc1)=N[C@@H](CC(=O)NCCC[C@@]1(O)[C@H](O)C[C@@H]3C[C@H]1C3(C)C)c1nnc(C)n1-2. The summed E-state index contributed by atoms with van der Waals surface area (Å²) in [5.41, 5.74) is 2.87. The first kappa shape index (κ1) is 28.5. The van der Waals surface area contributed by atoms with Gasteiger partial charge in [0.25, 0.3) is 0 Å². The van der Waals surface area contributed by atoms with Crippen molar-refractivity contribution >= 4 is 34.6 Å². The molecule has 3 aromatic rings. The van der Waals surface area contributed by atoms with Crippen LogP contribution in [0.5, 0.6) is 0 Å². The van der Waals surface area contributed by atoms with E-state index in [1.165, 1.54) is 4.88 Å². The highest BCUT2D eigenvalue weighted by Gasteiger charge is 2.64. The molecule has 3 aliphatic carbocycles. The molecule has 1 amide bonds. The molecule has 2 bridgehead atoms. The number of nitrogens with one attached hydrogen (secondary N) is 1. The highest BCUT2D eigenvalue weighted by molar-refractivity contribution is 7.15. The van der Waals surface area contributed by atoms with Gasteiger partial charge in [-0.15, -0.1) is 21.5 Å². The quantitative estimate of drug-likeness (QED) is 0.323. The molecule has 3 saturated carbocycles. The van der Waals surface area contributed by atoms with E-state index in [1.807, 2.05) is 35.8 Å². The average molecular weight is 596 g/mol. The summed E-state index contributed by atoms with van der Waals surface area (Å²) in [4.78, 5) is 19.6. The van der Waals surface area contributed by atoms with Gasteiger partial charge in [0.05, 0.1) is 23.8 Å². The van der Waals surface area contributed by atoms with E-state index in [0.717, 1.165) is 39.6 Å². The summed E-state index contributed by atoms with van der Waals surface area (Å²) in [6.45, 7) is 10.9. The molecular formula is C31H38ClN5O3S. The van der Waals surface area contributed by atoms with Crippen LogP contribution in [0.3, 0.4) is 0 Å². The number of benzene rings is 1. The molecule has 4 aliphatic rings. The Morgan fingerprint density at radius 2 is 1.90 bits per heavy atom. The summed E-state index contributed by atoms with van der Waals surface area (Å²) < 4.78 is 2.04. The molecule has 0 saturated heterocycles. The van der Waals surface area contributed by atoms with Crippen LogP contribution in [0.2, 0.25) is 5.02 Å². The minimum Gasteiger partial charge on any atom is -0.390 e. The molecule has 41 heavy (non-hydrogen) atoms. The minimum absolute atomic E-state index is 0.0449. The predicted molar refractivity (Wildman–Crippen MR) is 161 cm³/mol. The van der Waals surface area contributed by atoms with E-state index >= 15 is 0 Å². The molecule has 2 aromatic heterocycles. The van der Waals surface area contributed by atoms with E-state index in [1.54, 1.807) is 11.3 Å². The second-order valence-electron chi connectivity index (χ2n) is 12.6. The number of rotatable bonds is 7. The standard InChI is InChI=1S/C31H38ClN5O3S/c1-16-17(2)41-29-26(16)27(19-7-9-21(32)10-8-19)34-22(28-36-35-18(3)37(28)29)15-25(39)33-12-6-11-31(40)23-13-20(14-24(31)38)30(23,4)5/h7-10,20,22-24,38,40H,6,11-15H2,1-5H3,(H,33,39)/t20-,22-,23-,24+,31-/m0/s1. The first-order chi connectivity index (χ1) is 19.4. The lowest BCUT2D eigenvalue weighted by Gasteiger charge is -2.65. The van der Waals surface area contributed by atoms with Crippen LogP contribution in [0, 0.1) is 38.0 Å². The number of thiophene rings is 1. The Hall–Kier alpha value is -2.59. The number of aliphatic imine (C=N–C) groups is 1. The Morgan fingerprint density at radius 1 is 1.17 bits per heavy atom. The minimum atomic E-state index is -1.09. The smallest absolute Gasteiger partial charge is 0.222 e. The molecule has 3 N–H and O–H groups in total. The molecule has 3 heterocycles. The van der Waals surface area contributed by atoms with Gasteiger partial charge >= 0.3 is 0 Å². The maximum absolute atomic E-state index is 13.3. The van der Waals surface area contributed by atoms with Crippen molar-refractivity contribution in [2.45, 2.75) is 84.5 Å². The van der Waals surface area contributed by atoms with Crippen molar-refractivity contribution in [3.05, 3.63) is 62.5 Å². The third-order valence-electron chi connectivity index (χ3n) is 9.97. The van der Waals surface area contributed by atoms with Gasteiger partial charge in [0.1, 0.15) is 16.9 Å². The Balaban J connectivity index is 1.21. The van der Waals surface area contributed by atoms with Gasteiger partial charge in [0.15, 0.2) is 5.82 Å². The van der Waals surface area contributed by atoms with Crippen LogP contribution >= 0.6 is 22.9 Å². The normalized spacial score (nSPS) is 27.8. The molecule has 0 unspecified atom stereocenters. The fourth-order valence-electron chi connectivity index (χ4n) is 7.29. The molecule has 10 heteroatoms. The number of carbonyl (C=O) groups excluding carboxylic acids is 1. The van der Waals surface area contributed by atoms with Gasteiger partial charge in [-0.2, -0.15) is 0 Å². The second-order valence-corrected chi connectivity index (χ2v) is 14.3. The number of amides is 1. The highest BCUT2D eigenvalue weighted by Crippen LogP contribution is 2.63. The topological polar surface area (TPSA) is 113 Å². The molecule has 7 rings (SSSR count). The number of fused-ring (bicyclic) bond motifs is 5. The monoisotopic (exact) mass is 595 g/mol. The Morgan fingerprint density at radius 3 is 2.61 bits per heavy atom. The summed E-state index contributed by atoms with van der Waals surface area (Å²) >= 11 is 7.88. The first-order valence-corrected chi connectivity index (χ1v) is 15.6. The number of aliphatic hydroxyl groups excluding tert-OH is 1. The fourth-order valence-corrected chi connectivity index (χ4v) is 8.63. The lowest BCUT2D eigenvalue weighted by molar-refractivity contribution is -0.256. The van der Waals surface area contributed by atoms with Crippen molar-refractivity contribution in [3.8, 4) is 5.00 Å². The van der Waals surface area contributed by atoms with E-state index in [0.29, 0.717) is 42.6 Å². The van der Waals surface area contributed by atoms with E-state index < -0.39 is 17.7 Å². The number of aliphatic hydroxyl groups is 2. The van der Waals surface area contributed by atoms with Gasteiger partial charge < -0.3 is 15.5 Å². The number of nitrogens with zero attached hydrogens (tertiary/aromatic N) is 4. The van der Waals surface area contributed by atoms with Crippen LogP contribution in [0.25, 0.3) is 5.00 Å². The van der Waals surface area contributed by atoms with Crippen molar-refractivity contribution in [1.29, 1.82) is 0 Å². The zero-order valence-electron chi connectivity index (χ0n) is 24.2. The number of aryl methyl sites for hydroxylation is 2. The van der Waals surface area contributed by atoms with Gasteiger partial charge in [-0.25, -0.2) is 0 Å². The van der Waals surface area contributed by atoms with Gasteiger partial charge in [-0.1, -0.05) is 37.6 Å². The predicted octanol–water partition coefficient (Wildman–Crippen LogP) is 5.24. The molecule has 0 spiro atoms. The lowest BCUT2D eigenvalue weighted by atomic mass is 9.43. The van der Waals surface area contributed by atoms with Crippen LogP contribution in [0.4, 0.5) is 0 Å². The number of aromatic nitrogens is 3. The molecule has 8 nitrogen and oxygen atoms in total. The number of halogens is 1. The van der Waals surface area contributed by atoms with Crippen LogP contribution in [-0.2, 0) is 4.79 Å². The van der Waals surface area contributed by atoms with Crippen molar-refractivity contribution in [1.82, 2.24) is 20.1 Å². The van der Waals surface area contributed by atoms with E-state index in [9.17, 15) is 15.0 Å². The summed E-state index contributed by atoms with van der Waals surface area (Å²) in [7, 11) is 0. The third kappa shape index (κ3) is 4.65. The summed E-state index contributed by atoms with van der Waals surface area (Å²) in [5, 5.41) is 35.6. The van der Waals surface area contributed by atoms with Crippen LogP contribution in [0.15, 0.2) is 29.3 Å². The van der Waals surface area contributed by atoms with Crippen molar-refractivity contribution < 1.29 is 15.0 Å². The molecule has 1 aromatic carbocycles. The van der Waals surface area contributed by atoms with Crippen molar-refractivity contribution in [2.24, 2.45) is 22.2 Å². The van der Waals surface area contributed by atoms with Crippen molar-refractivity contribution in [3.63, 3.8) is 0 Å². The van der Waals surface area contributed by atoms with E-state index in [-0.39, 0.29) is 23.7 Å². The first-order valence-electron chi connectivity index (χ1n) is 14.4. The lowest BCUT2D eigenvalue weighted by Crippen LogP contribution is -2.67. The van der Waals surface area contributed by atoms with Crippen molar-refractivity contribution in [2.75, 3.05) is 6.54 Å². The molecular weight excluding hydrogens is 558 g/mol.